The zero-order valence-electron chi connectivity index (χ0n) is 24.0. The number of benzene rings is 3. The maximum atomic E-state index is 13.7. The predicted octanol–water partition coefficient (Wildman–Crippen LogP) is 6.11. The van der Waals surface area contributed by atoms with Crippen LogP contribution in [0.2, 0.25) is 0 Å². The third-order valence-corrected chi connectivity index (χ3v) is 9.55. The average molecular weight is 616 g/mol. The van der Waals surface area contributed by atoms with E-state index in [-0.39, 0.29) is 22.6 Å². The van der Waals surface area contributed by atoms with E-state index in [2.05, 4.69) is 34.5 Å². The van der Waals surface area contributed by atoms with Gasteiger partial charge in [0.2, 0.25) is 5.13 Å². The Kier molecular flexibility index (Phi) is 7.85. The summed E-state index contributed by atoms with van der Waals surface area (Å²) in [7, 11) is 3.04. The third-order valence-electron chi connectivity index (χ3n) is 7.42. The summed E-state index contributed by atoms with van der Waals surface area (Å²) in [6.45, 7) is 4.01. The van der Waals surface area contributed by atoms with Crippen LogP contribution in [0.25, 0.3) is 5.76 Å². The quantitative estimate of drug-likeness (QED) is 0.0826. The molecule has 2 aliphatic heterocycles. The molecule has 0 bridgehead atoms. The minimum atomic E-state index is -0.980. The van der Waals surface area contributed by atoms with Gasteiger partial charge in [-0.3, -0.25) is 14.5 Å². The molecule has 9 nitrogen and oxygen atoms in total. The van der Waals surface area contributed by atoms with Crippen molar-refractivity contribution >= 4 is 45.7 Å². The van der Waals surface area contributed by atoms with E-state index in [9.17, 15) is 14.7 Å². The van der Waals surface area contributed by atoms with Crippen LogP contribution in [0, 0.1) is 6.92 Å². The summed E-state index contributed by atoms with van der Waals surface area (Å²) in [6.07, 6.45) is 0.692. The number of carbonyl (C=O) groups is 2. The molecular weight excluding hydrogens is 587 g/mol. The first-order valence-corrected chi connectivity index (χ1v) is 15.4. The van der Waals surface area contributed by atoms with Gasteiger partial charge in [0, 0.05) is 17.7 Å². The first kappa shape index (κ1) is 28.8. The number of carbonyl (C=O) groups excluding carboxylic acids is 2. The van der Waals surface area contributed by atoms with Crippen molar-refractivity contribution in [1.82, 2.24) is 10.2 Å². The fraction of sp³-hybridized carbons (Fsp3) is 0.250. The van der Waals surface area contributed by atoms with Crippen LogP contribution in [0.1, 0.15) is 40.8 Å². The SMILES string of the molecule is COc1ccc(C2/C(=C(\O)c3ccc4c(c3)CC(C)O4)C(=O)C(=O)N2c2nnc(SCc3ccc(C)cc3)s2)cc1OC. The highest BCUT2D eigenvalue weighted by Gasteiger charge is 2.48. The van der Waals surface area contributed by atoms with Gasteiger partial charge in [-0.1, -0.05) is 59.0 Å². The number of aromatic nitrogens is 2. The van der Waals surface area contributed by atoms with Gasteiger partial charge in [-0.15, -0.1) is 10.2 Å². The second-order valence-electron chi connectivity index (χ2n) is 10.4. The maximum Gasteiger partial charge on any atom is 0.301 e. The second-order valence-corrected chi connectivity index (χ2v) is 12.5. The number of aryl methyl sites for hydroxylation is 1. The molecule has 2 unspecified atom stereocenters. The van der Waals surface area contributed by atoms with Crippen LogP contribution in [0.3, 0.4) is 0 Å². The van der Waals surface area contributed by atoms with Crippen molar-refractivity contribution in [3.8, 4) is 17.2 Å². The van der Waals surface area contributed by atoms with Gasteiger partial charge >= 0.3 is 5.91 Å². The van der Waals surface area contributed by atoms with Crippen molar-refractivity contribution in [1.29, 1.82) is 0 Å². The number of methoxy groups -OCH3 is 2. The lowest BCUT2D eigenvalue weighted by Crippen LogP contribution is -2.29. The molecule has 6 rings (SSSR count). The number of rotatable bonds is 8. The topological polar surface area (TPSA) is 111 Å². The lowest BCUT2D eigenvalue weighted by atomic mass is 9.94. The molecule has 4 aromatic rings. The minimum absolute atomic E-state index is 0.0141. The van der Waals surface area contributed by atoms with Gasteiger partial charge in [0.1, 0.15) is 17.6 Å². The summed E-state index contributed by atoms with van der Waals surface area (Å²) in [5, 5.41) is 20.5. The fourth-order valence-electron chi connectivity index (χ4n) is 5.28. The summed E-state index contributed by atoms with van der Waals surface area (Å²) in [4.78, 5) is 28.6. The molecule has 3 aromatic carbocycles. The normalized spacial score (nSPS) is 18.9. The van der Waals surface area contributed by atoms with Gasteiger partial charge in [-0.05, 0) is 60.9 Å². The Labute approximate surface area is 257 Å². The Balaban J connectivity index is 1.41. The molecule has 1 aromatic heterocycles. The van der Waals surface area contributed by atoms with Gasteiger partial charge in [-0.2, -0.15) is 0 Å². The highest BCUT2D eigenvalue weighted by atomic mass is 32.2. The number of Topliss-reactive ketones (excluding diaryl/α,β-unsaturated/α-hetero) is 1. The Bertz CT molecular complexity index is 1750. The van der Waals surface area contributed by atoms with Gasteiger partial charge < -0.3 is 19.3 Å². The van der Waals surface area contributed by atoms with Crippen LogP contribution in [0.15, 0.2) is 70.6 Å². The van der Waals surface area contributed by atoms with E-state index in [0.29, 0.717) is 39.1 Å². The molecule has 2 aliphatic rings. The maximum absolute atomic E-state index is 13.7. The number of thioether (sulfide) groups is 1. The number of nitrogens with zero attached hydrogens (tertiary/aromatic N) is 3. The molecule has 1 saturated heterocycles. The van der Waals surface area contributed by atoms with Crippen molar-refractivity contribution in [2.75, 3.05) is 19.1 Å². The largest absolute Gasteiger partial charge is 0.507 e. The number of hydrogen-bond donors (Lipinski definition) is 1. The fourth-order valence-corrected chi connectivity index (χ4v) is 7.10. The predicted molar refractivity (Wildman–Crippen MR) is 165 cm³/mol. The Morgan fingerprint density at radius 3 is 2.56 bits per heavy atom. The first-order chi connectivity index (χ1) is 20.8. The van der Waals surface area contributed by atoms with Crippen LogP contribution in [0.5, 0.6) is 17.2 Å². The molecular formula is C32H29N3O6S2. The molecule has 0 aliphatic carbocycles. The second kappa shape index (κ2) is 11.7. The first-order valence-electron chi connectivity index (χ1n) is 13.6. The van der Waals surface area contributed by atoms with E-state index in [4.69, 9.17) is 14.2 Å². The highest BCUT2D eigenvalue weighted by molar-refractivity contribution is 8.00. The Morgan fingerprint density at radius 1 is 1.05 bits per heavy atom. The standard InChI is InChI=1S/C32H29N3O6S2/c1-17-5-7-19(8-6-17)16-42-32-34-33-31(43-32)35-27(20-9-12-24(39-3)25(15-20)40-4)26(29(37)30(35)38)28(36)21-10-11-23-22(14-21)13-18(2)41-23/h5-12,14-15,18,27,36H,13,16H2,1-4H3/b28-26+. The average Bonchev–Trinajstić information content (AvgIpc) is 3.70. The summed E-state index contributed by atoms with van der Waals surface area (Å²) < 4.78 is 17.4. The third kappa shape index (κ3) is 5.46. The summed E-state index contributed by atoms with van der Waals surface area (Å²) in [5.74, 6) is 0.430. The number of aliphatic hydroxyl groups excluding tert-OH is 1. The molecule has 2 atom stereocenters. The van der Waals surface area contributed by atoms with Crippen molar-refractivity contribution in [2.24, 2.45) is 0 Å². The number of hydrogen-bond acceptors (Lipinski definition) is 10. The minimum Gasteiger partial charge on any atom is -0.507 e. The number of ether oxygens (including phenoxy) is 3. The van der Waals surface area contributed by atoms with Gasteiger partial charge in [0.05, 0.1) is 25.8 Å². The molecule has 1 N–H and O–H groups in total. The monoisotopic (exact) mass is 615 g/mol. The number of anilines is 1. The van der Waals surface area contributed by atoms with Crippen molar-refractivity contribution < 1.29 is 28.9 Å². The lowest BCUT2D eigenvalue weighted by Gasteiger charge is -2.23. The molecule has 3 heterocycles. The lowest BCUT2D eigenvalue weighted by molar-refractivity contribution is -0.132. The molecule has 220 valence electrons. The van der Waals surface area contributed by atoms with Crippen LogP contribution >= 0.6 is 23.1 Å². The summed E-state index contributed by atoms with van der Waals surface area (Å²) in [5.41, 5.74) is 4.15. The van der Waals surface area contributed by atoms with Crippen LogP contribution in [0.4, 0.5) is 5.13 Å². The molecule has 0 spiro atoms. The molecule has 11 heteroatoms. The van der Waals surface area contributed by atoms with E-state index in [1.165, 1.54) is 47.8 Å². The van der Waals surface area contributed by atoms with Crippen LogP contribution in [-0.4, -0.2) is 47.3 Å². The number of aliphatic hydroxyl groups is 1. The number of fused-ring (bicyclic) bond motifs is 1. The van der Waals surface area contributed by atoms with E-state index in [0.717, 1.165) is 16.9 Å². The van der Waals surface area contributed by atoms with Crippen molar-refractivity contribution in [3.05, 3.63) is 94.1 Å². The zero-order valence-corrected chi connectivity index (χ0v) is 25.6. The van der Waals surface area contributed by atoms with Crippen LogP contribution < -0.4 is 19.1 Å². The smallest absolute Gasteiger partial charge is 0.301 e. The number of ketones is 1. The van der Waals surface area contributed by atoms with Crippen LogP contribution in [-0.2, 0) is 21.8 Å². The Hall–Kier alpha value is -4.35. The molecule has 0 saturated carbocycles. The van der Waals surface area contributed by atoms with E-state index in [1.807, 2.05) is 13.8 Å². The molecule has 43 heavy (non-hydrogen) atoms. The van der Waals surface area contributed by atoms with Crippen molar-refractivity contribution in [2.45, 2.75) is 42.5 Å². The number of amides is 1. The molecule has 1 amide bonds. The Morgan fingerprint density at radius 2 is 1.81 bits per heavy atom. The van der Waals surface area contributed by atoms with E-state index >= 15 is 0 Å². The highest BCUT2D eigenvalue weighted by Crippen LogP contribution is 2.46. The van der Waals surface area contributed by atoms with Gasteiger partial charge in [-0.25, -0.2) is 0 Å². The van der Waals surface area contributed by atoms with Gasteiger partial charge in [0.25, 0.3) is 5.78 Å². The van der Waals surface area contributed by atoms with E-state index < -0.39 is 17.7 Å². The molecule has 1 fully saturated rings. The van der Waals surface area contributed by atoms with Crippen molar-refractivity contribution in [3.63, 3.8) is 0 Å². The zero-order chi connectivity index (χ0) is 30.2. The molecule has 0 radical (unpaired) electrons. The summed E-state index contributed by atoms with van der Waals surface area (Å²) >= 11 is 2.71. The van der Waals surface area contributed by atoms with Gasteiger partial charge in [0.15, 0.2) is 15.8 Å². The summed E-state index contributed by atoms with van der Waals surface area (Å²) in [6, 6.07) is 17.7. The van der Waals surface area contributed by atoms with E-state index in [1.54, 1.807) is 36.4 Å².